The normalized spacial score (nSPS) is 16.2. The molecule has 0 saturated heterocycles. The van der Waals surface area contributed by atoms with Crippen molar-refractivity contribution in [2.75, 3.05) is 11.4 Å². The van der Waals surface area contributed by atoms with Gasteiger partial charge in [-0.3, -0.25) is 0 Å². The van der Waals surface area contributed by atoms with Gasteiger partial charge < -0.3 is 9.80 Å². The third-order valence-electron chi connectivity index (χ3n) is 4.63. The van der Waals surface area contributed by atoms with Gasteiger partial charge in [-0.1, -0.05) is 50.8 Å². The van der Waals surface area contributed by atoms with E-state index < -0.39 is 0 Å². The van der Waals surface area contributed by atoms with E-state index in [0.717, 1.165) is 6.54 Å². The van der Waals surface area contributed by atoms with Crippen molar-refractivity contribution in [1.29, 1.82) is 0 Å². The van der Waals surface area contributed by atoms with E-state index in [4.69, 9.17) is 0 Å². The minimum atomic E-state index is 1.12. The maximum absolute atomic E-state index is 2.29. The molecule has 2 heteroatoms. The largest absolute Gasteiger partial charge is 0.354 e. The maximum atomic E-state index is 2.29. The molecule has 0 fully saturated rings. The highest BCUT2D eigenvalue weighted by Gasteiger charge is 2.07. The molecule has 0 N–H and O–H groups in total. The van der Waals surface area contributed by atoms with Gasteiger partial charge in [0.1, 0.15) is 0 Å². The molecule has 0 unspecified atom stereocenters. The lowest BCUT2D eigenvalue weighted by Crippen LogP contribution is -2.14. The fourth-order valence-corrected chi connectivity index (χ4v) is 3.09. The van der Waals surface area contributed by atoms with E-state index in [1.54, 1.807) is 0 Å². The van der Waals surface area contributed by atoms with Crippen molar-refractivity contribution < 1.29 is 0 Å². The molecule has 25 heavy (non-hydrogen) atoms. The van der Waals surface area contributed by atoms with Crippen LogP contribution in [0.3, 0.4) is 0 Å². The molecule has 0 aliphatic carbocycles. The van der Waals surface area contributed by atoms with Crippen LogP contribution in [0.2, 0.25) is 0 Å². The molecule has 2 nitrogen and oxygen atoms in total. The molecule has 1 aromatic carbocycles. The van der Waals surface area contributed by atoms with Gasteiger partial charge in [0.05, 0.1) is 0 Å². The van der Waals surface area contributed by atoms with Gasteiger partial charge in [-0.2, -0.15) is 0 Å². The van der Waals surface area contributed by atoms with Crippen LogP contribution in [0.1, 0.15) is 39.0 Å². The Balaban J connectivity index is 1.53. The van der Waals surface area contributed by atoms with Crippen LogP contribution >= 0.6 is 0 Å². The van der Waals surface area contributed by atoms with Crippen LogP contribution in [0.25, 0.3) is 0 Å². The van der Waals surface area contributed by atoms with Crippen LogP contribution in [-0.2, 0) is 0 Å². The summed E-state index contributed by atoms with van der Waals surface area (Å²) in [6.45, 7) is 3.38. The van der Waals surface area contributed by atoms with Crippen LogP contribution in [0.15, 0.2) is 90.6 Å². The van der Waals surface area contributed by atoms with Gasteiger partial charge in [0, 0.05) is 37.0 Å². The Kier molecular flexibility index (Phi) is 6.33. The van der Waals surface area contributed by atoms with E-state index in [2.05, 4.69) is 90.1 Å². The SMILES string of the molecule is CCCCCCCN1C=CC(=C2C=CN(c3ccccc3)C=C2)C=C1. The molecule has 2 aliphatic heterocycles. The van der Waals surface area contributed by atoms with E-state index in [0.29, 0.717) is 0 Å². The van der Waals surface area contributed by atoms with Crippen molar-refractivity contribution in [2.24, 2.45) is 0 Å². The zero-order valence-electron chi connectivity index (χ0n) is 15.1. The Labute approximate surface area is 152 Å². The Morgan fingerprint density at radius 2 is 1.28 bits per heavy atom. The second-order valence-corrected chi connectivity index (χ2v) is 6.57. The first-order valence-electron chi connectivity index (χ1n) is 9.43. The number of para-hydroxylation sites is 1. The third-order valence-corrected chi connectivity index (χ3v) is 4.63. The zero-order valence-corrected chi connectivity index (χ0v) is 15.1. The highest BCUT2D eigenvalue weighted by atomic mass is 15.1. The standard InChI is InChI=1S/C23H28N2/c1-2-3-4-5-9-16-24-17-12-21(13-18-24)22-14-19-25(20-15-22)23-10-7-6-8-11-23/h6-8,10-15,17-20H,2-5,9,16H2,1H3. The van der Waals surface area contributed by atoms with Crippen LogP contribution in [-0.4, -0.2) is 11.4 Å². The Morgan fingerprint density at radius 3 is 1.92 bits per heavy atom. The molecule has 0 bridgehead atoms. The van der Waals surface area contributed by atoms with Crippen LogP contribution in [0.5, 0.6) is 0 Å². The first-order valence-corrected chi connectivity index (χ1v) is 9.43. The molecule has 0 aromatic heterocycles. The second-order valence-electron chi connectivity index (χ2n) is 6.57. The quantitative estimate of drug-likeness (QED) is 0.553. The summed E-state index contributed by atoms with van der Waals surface area (Å²) in [4.78, 5) is 4.44. The second kappa shape index (κ2) is 9.12. The molecule has 3 rings (SSSR count). The predicted octanol–water partition coefficient (Wildman–Crippen LogP) is 6.14. The van der Waals surface area contributed by atoms with E-state index in [1.165, 1.54) is 48.9 Å². The summed E-state index contributed by atoms with van der Waals surface area (Å²) < 4.78 is 0. The summed E-state index contributed by atoms with van der Waals surface area (Å²) in [5.74, 6) is 0. The van der Waals surface area contributed by atoms with Crippen molar-refractivity contribution in [3.8, 4) is 0 Å². The third kappa shape index (κ3) is 4.99. The smallest absolute Gasteiger partial charge is 0.0449 e. The molecule has 0 saturated carbocycles. The molecule has 0 amide bonds. The van der Waals surface area contributed by atoms with Crippen molar-refractivity contribution >= 4 is 5.69 Å². The number of hydrogen-bond acceptors (Lipinski definition) is 2. The van der Waals surface area contributed by atoms with Gasteiger partial charge in [-0.25, -0.2) is 0 Å². The number of unbranched alkanes of at least 4 members (excludes halogenated alkanes) is 4. The number of benzene rings is 1. The Bertz CT molecular complexity index is 660. The van der Waals surface area contributed by atoms with E-state index in [9.17, 15) is 0 Å². The van der Waals surface area contributed by atoms with Gasteiger partial charge in [0.2, 0.25) is 0 Å². The van der Waals surface area contributed by atoms with E-state index in [1.807, 2.05) is 6.07 Å². The fraction of sp³-hybridized carbons (Fsp3) is 0.304. The topological polar surface area (TPSA) is 6.48 Å². The average Bonchev–Trinajstić information content (AvgIpc) is 2.69. The lowest BCUT2D eigenvalue weighted by molar-refractivity contribution is 0.465. The highest BCUT2D eigenvalue weighted by Crippen LogP contribution is 2.23. The molecule has 1 aromatic rings. The molecular weight excluding hydrogens is 304 g/mol. The zero-order chi connectivity index (χ0) is 17.3. The van der Waals surface area contributed by atoms with Gasteiger partial charge in [0.25, 0.3) is 0 Å². The minimum Gasteiger partial charge on any atom is -0.354 e. The molecular formula is C23H28N2. The summed E-state index contributed by atoms with van der Waals surface area (Å²) in [7, 11) is 0. The lowest BCUT2D eigenvalue weighted by atomic mass is 10.0. The van der Waals surface area contributed by atoms with Gasteiger partial charge in [0.15, 0.2) is 0 Å². The molecule has 130 valence electrons. The lowest BCUT2D eigenvalue weighted by Gasteiger charge is -2.22. The molecule has 0 radical (unpaired) electrons. The van der Waals surface area contributed by atoms with E-state index >= 15 is 0 Å². The maximum Gasteiger partial charge on any atom is 0.0449 e. The molecule has 2 aliphatic rings. The number of anilines is 1. The predicted molar refractivity (Wildman–Crippen MR) is 108 cm³/mol. The minimum absolute atomic E-state index is 1.12. The Morgan fingerprint density at radius 1 is 0.680 bits per heavy atom. The molecule has 0 atom stereocenters. The first kappa shape index (κ1) is 17.3. The van der Waals surface area contributed by atoms with Crippen molar-refractivity contribution in [3.05, 3.63) is 90.6 Å². The summed E-state index contributed by atoms with van der Waals surface area (Å²) in [5.41, 5.74) is 3.70. The van der Waals surface area contributed by atoms with Crippen molar-refractivity contribution in [2.45, 2.75) is 39.0 Å². The van der Waals surface area contributed by atoms with Crippen molar-refractivity contribution in [1.82, 2.24) is 4.90 Å². The first-order chi connectivity index (χ1) is 12.4. The van der Waals surface area contributed by atoms with Crippen LogP contribution < -0.4 is 4.90 Å². The summed E-state index contributed by atoms with van der Waals surface area (Å²) in [5, 5.41) is 0. The number of allylic oxidation sites excluding steroid dienone is 6. The monoisotopic (exact) mass is 332 g/mol. The summed E-state index contributed by atoms with van der Waals surface area (Å²) >= 11 is 0. The van der Waals surface area contributed by atoms with E-state index in [-0.39, 0.29) is 0 Å². The number of hydrogen-bond donors (Lipinski definition) is 0. The van der Waals surface area contributed by atoms with Crippen molar-refractivity contribution in [3.63, 3.8) is 0 Å². The average molecular weight is 332 g/mol. The van der Waals surface area contributed by atoms with Gasteiger partial charge >= 0.3 is 0 Å². The van der Waals surface area contributed by atoms with Gasteiger partial charge in [-0.05, 0) is 54.0 Å². The highest BCUT2D eigenvalue weighted by molar-refractivity contribution is 5.58. The molecule has 0 spiro atoms. The number of nitrogens with zero attached hydrogens (tertiary/aromatic N) is 2. The number of rotatable bonds is 7. The Hall–Kier alpha value is -2.48. The fourth-order valence-electron chi connectivity index (χ4n) is 3.09. The summed E-state index contributed by atoms with van der Waals surface area (Å²) in [6, 6.07) is 10.4. The van der Waals surface area contributed by atoms with Crippen LogP contribution in [0.4, 0.5) is 5.69 Å². The molecule has 2 heterocycles. The van der Waals surface area contributed by atoms with Gasteiger partial charge in [-0.15, -0.1) is 0 Å². The van der Waals surface area contributed by atoms with Crippen LogP contribution in [0, 0.1) is 0 Å². The summed E-state index contributed by atoms with van der Waals surface area (Å²) in [6.07, 6.45) is 24.1.